The first-order chi connectivity index (χ1) is 12.0. The van der Waals surface area contributed by atoms with Gasteiger partial charge in [0.25, 0.3) is 0 Å². The summed E-state index contributed by atoms with van der Waals surface area (Å²) >= 11 is 0. The van der Waals surface area contributed by atoms with Crippen molar-refractivity contribution in [1.82, 2.24) is 9.21 Å². The molecule has 1 saturated carbocycles. The number of ether oxygens (including phenoxy) is 1. The van der Waals surface area contributed by atoms with Crippen LogP contribution in [-0.4, -0.2) is 57.0 Å². The van der Waals surface area contributed by atoms with Gasteiger partial charge in [0.15, 0.2) is 0 Å². The van der Waals surface area contributed by atoms with Crippen LogP contribution in [0.4, 0.5) is 0 Å². The molecule has 0 unspecified atom stereocenters. The summed E-state index contributed by atoms with van der Waals surface area (Å²) < 4.78 is 33.1. The van der Waals surface area contributed by atoms with E-state index >= 15 is 0 Å². The maximum atomic E-state index is 13.1. The second-order valence-corrected chi connectivity index (χ2v) is 9.15. The molecule has 1 saturated heterocycles. The Morgan fingerprint density at radius 2 is 1.64 bits per heavy atom. The van der Waals surface area contributed by atoms with Gasteiger partial charge in [-0.1, -0.05) is 31.7 Å². The SMILES string of the molecule is COc1ccc(C)cc1S(=O)(=O)N1CCN(C2CCCCCC2)CC1. The van der Waals surface area contributed by atoms with E-state index in [2.05, 4.69) is 4.90 Å². The zero-order valence-corrected chi connectivity index (χ0v) is 16.2. The van der Waals surface area contributed by atoms with E-state index in [0.29, 0.717) is 24.9 Å². The third-order valence-corrected chi connectivity index (χ3v) is 7.47. The molecule has 1 aromatic carbocycles. The maximum Gasteiger partial charge on any atom is 0.246 e. The number of sulfonamides is 1. The Balaban J connectivity index is 1.70. The lowest BCUT2D eigenvalue weighted by atomic mass is 10.1. The molecule has 3 rings (SSSR count). The highest BCUT2D eigenvalue weighted by atomic mass is 32.2. The molecule has 0 bridgehead atoms. The number of rotatable bonds is 4. The van der Waals surface area contributed by atoms with Gasteiger partial charge in [0.1, 0.15) is 10.6 Å². The monoisotopic (exact) mass is 366 g/mol. The number of hydrogen-bond donors (Lipinski definition) is 0. The van der Waals surface area contributed by atoms with Gasteiger partial charge in [-0.05, 0) is 37.5 Å². The van der Waals surface area contributed by atoms with Crippen LogP contribution in [-0.2, 0) is 10.0 Å². The summed E-state index contributed by atoms with van der Waals surface area (Å²) in [6.07, 6.45) is 7.83. The minimum Gasteiger partial charge on any atom is -0.495 e. The van der Waals surface area contributed by atoms with Crippen LogP contribution in [0.15, 0.2) is 23.1 Å². The fourth-order valence-corrected chi connectivity index (χ4v) is 5.72. The summed E-state index contributed by atoms with van der Waals surface area (Å²) in [6.45, 7) is 4.70. The van der Waals surface area contributed by atoms with Crippen LogP contribution < -0.4 is 4.74 Å². The molecule has 1 aliphatic heterocycles. The Morgan fingerprint density at radius 3 is 2.24 bits per heavy atom. The summed E-state index contributed by atoms with van der Waals surface area (Å²) in [4.78, 5) is 2.79. The Morgan fingerprint density at radius 1 is 1.00 bits per heavy atom. The molecule has 1 heterocycles. The van der Waals surface area contributed by atoms with Crippen molar-refractivity contribution >= 4 is 10.0 Å². The van der Waals surface area contributed by atoms with Gasteiger partial charge in [-0.25, -0.2) is 8.42 Å². The topological polar surface area (TPSA) is 49.9 Å². The van der Waals surface area contributed by atoms with Crippen molar-refractivity contribution < 1.29 is 13.2 Å². The predicted octanol–water partition coefficient (Wildman–Crippen LogP) is 3.03. The quantitative estimate of drug-likeness (QED) is 0.769. The summed E-state index contributed by atoms with van der Waals surface area (Å²) in [5, 5.41) is 0. The van der Waals surface area contributed by atoms with Gasteiger partial charge < -0.3 is 4.74 Å². The average Bonchev–Trinajstić information content (AvgIpc) is 2.91. The van der Waals surface area contributed by atoms with E-state index in [4.69, 9.17) is 4.74 Å². The third-order valence-electron chi connectivity index (χ3n) is 5.55. The van der Waals surface area contributed by atoms with Crippen molar-refractivity contribution in [3.05, 3.63) is 23.8 Å². The lowest BCUT2D eigenvalue weighted by Gasteiger charge is -2.38. The fraction of sp³-hybridized carbons (Fsp3) is 0.684. The second kappa shape index (κ2) is 8.06. The number of benzene rings is 1. The van der Waals surface area contributed by atoms with Gasteiger partial charge in [-0.2, -0.15) is 4.31 Å². The third kappa shape index (κ3) is 4.18. The molecule has 2 fully saturated rings. The van der Waals surface area contributed by atoms with E-state index in [-0.39, 0.29) is 4.90 Å². The molecule has 25 heavy (non-hydrogen) atoms. The lowest BCUT2D eigenvalue weighted by Crippen LogP contribution is -2.51. The Hall–Kier alpha value is -1.11. The van der Waals surface area contributed by atoms with Crippen LogP contribution in [0.2, 0.25) is 0 Å². The molecule has 6 heteroatoms. The van der Waals surface area contributed by atoms with Gasteiger partial charge >= 0.3 is 0 Å². The number of nitrogens with zero attached hydrogens (tertiary/aromatic N) is 2. The maximum absolute atomic E-state index is 13.1. The van der Waals surface area contributed by atoms with E-state index < -0.39 is 10.0 Å². The summed E-state index contributed by atoms with van der Waals surface area (Å²) in [6, 6.07) is 5.97. The summed E-state index contributed by atoms with van der Waals surface area (Å²) in [5.41, 5.74) is 0.927. The van der Waals surface area contributed by atoms with Crippen molar-refractivity contribution in [3.63, 3.8) is 0 Å². The average molecular weight is 367 g/mol. The largest absolute Gasteiger partial charge is 0.495 e. The molecule has 0 amide bonds. The zero-order chi connectivity index (χ0) is 17.9. The Kier molecular flexibility index (Phi) is 6.02. The molecule has 1 aliphatic carbocycles. The van der Waals surface area contributed by atoms with Crippen LogP contribution >= 0.6 is 0 Å². The highest BCUT2D eigenvalue weighted by Gasteiger charge is 2.32. The lowest BCUT2D eigenvalue weighted by molar-refractivity contribution is 0.126. The number of hydrogen-bond acceptors (Lipinski definition) is 4. The first-order valence-electron chi connectivity index (χ1n) is 9.41. The predicted molar refractivity (Wildman–Crippen MR) is 99.6 cm³/mol. The molecule has 2 aliphatic rings. The van der Waals surface area contributed by atoms with Crippen LogP contribution in [0.5, 0.6) is 5.75 Å². The Bertz CT molecular complexity index is 674. The van der Waals surface area contributed by atoms with Gasteiger partial charge in [0.2, 0.25) is 10.0 Å². The first-order valence-corrected chi connectivity index (χ1v) is 10.9. The number of aryl methyl sites for hydroxylation is 1. The molecular formula is C19H30N2O3S. The molecule has 140 valence electrons. The second-order valence-electron chi connectivity index (χ2n) is 7.24. The fourth-order valence-electron chi connectivity index (χ4n) is 4.06. The van der Waals surface area contributed by atoms with Gasteiger partial charge in [-0.15, -0.1) is 0 Å². The van der Waals surface area contributed by atoms with Crippen LogP contribution in [0.1, 0.15) is 44.1 Å². The normalized spacial score (nSPS) is 21.8. The molecule has 0 spiro atoms. The minimum atomic E-state index is -3.51. The van der Waals surface area contributed by atoms with E-state index in [9.17, 15) is 8.42 Å². The summed E-state index contributed by atoms with van der Waals surface area (Å²) in [5.74, 6) is 0.428. The number of methoxy groups -OCH3 is 1. The van der Waals surface area contributed by atoms with Crippen LogP contribution in [0.3, 0.4) is 0 Å². The van der Waals surface area contributed by atoms with Crippen molar-refractivity contribution in [3.8, 4) is 5.75 Å². The van der Waals surface area contributed by atoms with Gasteiger partial charge in [-0.3, -0.25) is 4.90 Å². The van der Waals surface area contributed by atoms with E-state index in [1.165, 1.54) is 45.6 Å². The van der Waals surface area contributed by atoms with E-state index in [0.717, 1.165) is 18.7 Å². The Labute approximate surface area is 152 Å². The molecular weight excluding hydrogens is 336 g/mol. The molecule has 0 aromatic heterocycles. The van der Waals surface area contributed by atoms with Crippen molar-refractivity contribution in [2.45, 2.75) is 56.4 Å². The molecule has 0 radical (unpaired) electrons. The molecule has 0 atom stereocenters. The van der Waals surface area contributed by atoms with Gasteiger partial charge in [0.05, 0.1) is 7.11 Å². The van der Waals surface area contributed by atoms with E-state index in [1.807, 2.05) is 13.0 Å². The highest BCUT2D eigenvalue weighted by Crippen LogP contribution is 2.29. The van der Waals surface area contributed by atoms with Crippen molar-refractivity contribution in [2.24, 2.45) is 0 Å². The smallest absolute Gasteiger partial charge is 0.246 e. The zero-order valence-electron chi connectivity index (χ0n) is 15.4. The van der Waals surface area contributed by atoms with E-state index in [1.54, 1.807) is 16.4 Å². The number of piperazine rings is 1. The summed E-state index contributed by atoms with van der Waals surface area (Å²) in [7, 11) is -1.99. The molecule has 0 N–H and O–H groups in total. The highest BCUT2D eigenvalue weighted by molar-refractivity contribution is 7.89. The first kappa shape index (κ1) is 18.7. The standard InChI is InChI=1S/C19H30N2O3S/c1-16-9-10-18(24-2)19(15-16)25(22,23)21-13-11-20(12-14-21)17-7-5-3-4-6-8-17/h9-10,15,17H,3-8,11-14H2,1-2H3. The molecule has 1 aromatic rings. The minimum absolute atomic E-state index is 0.290. The van der Waals surface area contributed by atoms with Crippen molar-refractivity contribution in [2.75, 3.05) is 33.3 Å². The molecule has 5 nitrogen and oxygen atoms in total. The van der Waals surface area contributed by atoms with Crippen LogP contribution in [0.25, 0.3) is 0 Å². The van der Waals surface area contributed by atoms with Crippen LogP contribution in [0, 0.1) is 6.92 Å². The van der Waals surface area contributed by atoms with Gasteiger partial charge in [0, 0.05) is 32.2 Å². The van der Waals surface area contributed by atoms with Crippen molar-refractivity contribution in [1.29, 1.82) is 0 Å².